The summed E-state index contributed by atoms with van der Waals surface area (Å²) in [6, 6.07) is 5.43. The fraction of sp³-hybridized carbons (Fsp3) is 0.448. The van der Waals surface area contributed by atoms with Gasteiger partial charge in [0, 0.05) is 5.56 Å². The van der Waals surface area contributed by atoms with Gasteiger partial charge in [-0.15, -0.1) is 0 Å². The van der Waals surface area contributed by atoms with Crippen LogP contribution in [0.3, 0.4) is 0 Å². The lowest BCUT2D eigenvalue weighted by Gasteiger charge is -2.38. The van der Waals surface area contributed by atoms with Crippen molar-refractivity contribution in [1.29, 1.82) is 0 Å². The molecule has 2 amide bonds. The molecular formula is C29H35NO6S. The van der Waals surface area contributed by atoms with Crippen LogP contribution in [0.1, 0.15) is 60.9 Å². The summed E-state index contributed by atoms with van der Waals surface area (Å²) in [6.45, 7) is 11.6. The Morgan fingerprint density at radius 3 is 2.57 bits per heavy atom. The molecule has 2 aliphatic heterocycles. The van der Waals surface area contributed by atoms with E-state index >= 15 is 0 Å². The highest BCUT2D eigenvalue weighted by molar-refractivity contribution is 8.18. The molecule has 37 heavy (non-hydrogen) atoms. The number of amides is 2. The first-order chi connectivity index (χ1) is 17.7. The lowest BCUT2D eigenvalue weighted by molar-refractivity contribution is -0.115. The van der Waals surface area contributed by atoms with Crippen molar-refractivity contribution in [2.45, 2.75) is 65.9 Å². The quantitative estimate of drug-likeness (QED) is 0.304. The van der Waals surface area contributed by atoms with Crippen molar-refractivity contribution in [3.63, 3.8) is 0 Å². The summed E-state index contributed by atoms with van der Waals surface area (Å²) in [5, 5.41) is 1.89. The summed E-state index contributed by atoms with van der Waals surface area (Å²) in [6.07, 6.45) is 5.50. The Hall–Kier alpha value is -3.13. The molecule has 0 spiro atoms. The zero-order valence-corrected chi connectivity index (χ0v) is 23.2. The van der Waals surface area contributed by atoms with Gasteiger partial charge in [0.15, 0.2) is 11.5 Å². The summed E-state index contributed by atoms with van der Waals surface area (Å²) in [7, 11) is 1.57. The number of unbranched alkanes of at least 4 members (excludes halogenated alkanes) is 1. The summed E-state index contributed by atoms with van der Waals surface area (Å²) >= 11 is 0.883. The molecule has 4 rings (SSSR count). The average molecular weight is 526 g/mol. The molecule has 1 atom stereocenters. The number of nitrogens with one attached hydrogen (secondary N) is 1. The van der Waals surface area contributed by atoms with Crippen LogP contribution in [0, 0.1) is 20.8 Å². The summed E-state index contributed by atoms with van der Waals surface area (Å²) in [5.41, 5.74) is 4.85. The van der Waals surface area contributed by atoms with E-state index in [2.05, 4.69) is 39.9 Å². The topological polar surface area (TPSA) is 83.1 Å². The second kappa shape index (κ2) is 11.1. The number of imide groups is 1. The number of ether oxygens (including phenoxy) is 4. The van der Waals surface area contributed by atoms with E-state index < -0.39 is 11.5 Å². The number of thioether (sulfide) groups is 1. The lowest BCUT2D eigenvalue weighted by Crippen LogP contribution is -2.42. The second-order valence-corrected chi connectivity index (χ2v) is 10.8. The van der Waals surface area contributed by atoms with Gasteiger partial charge in [0.05, 0.1) is 18.6 Å². The zero-order chi connectivity index (χ0) is 26.7. The Morgan fingerprint density at radius 1 is 1.11 bits per heavy atom. The molecule has 7 nitrogen and oxygen atoms in total. The number of hydrogen-bond donors (Lipinski definition) is 1. The highest BCUT2D eigenvalue weighted by atomic mass is 32.2. The minimum Gasteiger partial charge on any atom is -0.493 e. The first-order valence-corrected chi connectivity index (χ1v) is 13.5. The number of rotatable bonds is 9. The maximum atomic E-state index is 11.9. The van der Waals surface area contributed by atoms with E-state index in [0.717, 1.165) is 72.2 Å². The fourth-order valence-electron chi connectivity index (χ4n) is 4.61. The Kier molecular flexibility index (Phi) is 8.07. The van der Waals surface area contributed by atoms with Crippen molar-refractivity contribution in [2.24, 2.45) is 0 Å². The highest BCUT2D eigenvalue weighted by Crippen LogP contribution is 2.44. The molecule has 0 bridgehead atoms. The maximum absolute atomic E-state index is 11.9. The molecule has 2 aromatic carbocycles. The van der Waals surface area contributed by atoms with E-state index in [1.807, 2.05) is 12.1 Å². The number of carbonyl (C=O) groups excluding carboxylic acids is 2. The van der Waals surface area contributed by atoms with Crippen LogP contribution in [-0.2, 0) is 11.2 Å². The number of hydrogen-bond acceptors (Lipinski definition) is 7. The second-order valence-electron chi connectivity index (χ2n) is 9.82. The predicted molar refractivity (Wildman–Crippen MR) is 146 cm³/mol. The minimum atomic E-state index is -0.508. The van der Waals surface area contributed by atoms with Gasteiger partial charge >= 0.3 is 0 Å². The molecule has 8 heteroatoms. The molecule has 1 unspecified atom stereocenters. The third-order valence-corrected chi connectivity index (χ3v) is 7.78. The van der Waals surface area contributed by atoms with Gasteiger partial charge in [-0.3, -0.25) is 14.9 Å². The molecule has 198 valence electrons. The predicted octanol–water partition coefficient (Wildman–Crippen LogP) is 6.29. The van der Waals surface area contributed by atoms with Crippen molar-refractivity contribution in [3.05, 3.63) is 50.9 Å². The number of methoxy groups -OCH3 is 1. The van der Waals surface area contributed by atoms with Crippen LogP contribution in [0.25, 0.3) is 6.08 Å². The first kappa shape index (κ1) is 26.9. The van der Waals surface area contributed by atoms with E-state index in [0.29, 0.717) is 23.0 Å². The molecule has 2 heterocycles. The van der Waals surface area contributed by atoms with Gasteiger partial charge in [-0.1, -0.05) is 19.4 Å². The van der Waals surface area contributed by atoms with E-state index in [1.165, 1.54) is 11.1 Å². The highest BCUT2D eigenvalue weighted by Gasteiger charge is 2.36. The molecule has 0 radical (unpaired) electrons. The SMILES string of the molecule is CCCCOc1c(C)c(C)c2c(c1C)CCC(C)(COc1ccc(/C=C3\SC(=O)NC3=O)cc1OC)O2. The van der Waals surface area contributed by atoms with E-state index in [4.69, 9.17) is 18.9 Å². The van der Waals surface area contributed by atoms with Gasteiger partial charge in [-0.2, -0.15) is 0 Å². The smallest absolute Gasteiger partial charge is 0.290 e. The Labute approximate surface area is 222 Å². The molecule has 0 aromatic heterocycles. The molecular weight excluding hydrogens is 490 g/mol. The minimum absolute atomic E-state index is 0.349. The van der Waals surface area contributed by atoms with Crippen molar-refractivity contribution in [3.8, 4) is 23.0 Å². The van der Waals surface area contributed by atoms with Gasteiger partial charge in [0.2, 0.25) is 0 Å². The van der Waals surface area contributed by atoms with Gasteiger partial charge in [0.25, 0.3) is 11.1 Å². The van der Waals surface area contributed by atoms with E-state index in [9.17, 15) is 9.59 Å². The normalized spacial score (nSPS) is 19.9. The van der Waals surface area contributed by atoms with Crippen molar-refractivity contribution >= 4 is 29.0 Å². The van der Waals surface area contributed by atoms with Crippen LogP contribution < -0.4 is 24.3 Å². The fourth-order valence-corrected chi connectivity index (χ4v) is 5.30. The van der Waals surface area contributed by atoms with Crippen molar-refractivity contribution in [2.75, 3.05) is 20.3 Å². The van der Waals surface area contributed by atoms with Crippen molar-refractivity contribution in [1.82, 2.24) is 5.32 Å². The van der Waals surface area contributed by atoms with Crippen LogP contribution in [0.15, 0.2) is 23.1 Å². The van der Waals surface area contributed by atoms with E-state index in [1.54, 1.807) is 19.3 Å². The van der Waals surface area contributed by atoms with Gasteiger partial charge in [-0.05, 0) is 99.2 Å². The van der Waals surface area contributed by atoms with Crippen LogP contribution >= 0.6 is 11.8 Å². The number of fused-ring (bicyclic) bond motifs is 1. The van der Waals surface area contributed by atoms with Gasteiger partial charge < -0.3 is 18.9 Å². The molecule has 2 aromatic rings. The first-order valence-electron chi connectivity index (χ1n) is 12.7. The molecule has 1 N–H and O–H groups in total. The van der Waals surface area contributed by atoms with Gasteiger partial charge in [0.1, 0.15) is 23.7 Å². The van der Waals surface area contributed by atoms with E-state index in [-0.39, 0.29) is 5.24 Å². The largest absolute Gasteiger partial charge is 0.493 e. The van der Waals surface area contributed by atoms with Crippen LogP contribution in [0.4, 0.5) is 4.79 Å². The van der Waals surface area contributed by atoms with Gasteiger partial charge in [-0.25, -0.2) is 0 Å². The van der Waals surface area contributed by atoms with Crippen LogP contribution in [0.5, 0.6) is 23.0 Å². The lowest BCUT2D eigenvalue weighted by atomic mass is 9.87. The molecule has 0 aliphatic carbocycles. The Balaban J connectivity index is 1.50. The third kappa shape index (κ3) is 5.74. The molecule has 1 saturated heterocycles. The summed E-state index contributed by atoms with van der Waals surface area (Å²) < 4.78 is 24.5. The standard InChI is InChI=1S/C29H35NO6S/c1-7-8-13-34-25-17(2)18(3)26-21(19(25)4)11-12-29(5,36-26)16-35-22-10-9-20(14-23(22)33-6)15-24-27(31)30-28(32)37-24/h9-10,14-15H,7-8,11-13,16H2,1-6H3,(H,30,31,32)/b24-15-. The molecule has 0 saturated carbocycles. The monoisotopic (exact) mass is 525 g/mol. The zero-order valence-electron chi connectivity index (χ0n) is 22.4. The maximum Gasteiger partial charge on any atom is 0.290 e. The van der Waals surface area contributed by atoms with Crippen molar-refractivity contribution < 1.29 is 28.5 Å². The number of carbonyl (C=O) groups is 2. The Bertz CT molecular complexity index is 1250. The Morgan fingerprint density at radius 2 is 1.89 bits per heavy atom. The molecule has 1 fully saturated rings. The third-order valence-electron chi connectivity index (χ3n) is 6.97. The van der Waals surface area contributed by atoms with Crippen LogP contribution in [-0.4, -0.2) is 37.1 Å². The number of benzene rings is 2. The summed E-state index contributed by atoms with van der Waals surface area (Å²) in [5.74, 6) is 2.67. The molecule has 2 aliphatic rings. The average Bonchev–Trinajstić information content (AvgIpc) is 3.19. The summed E-state index contributed by atoms with van der Waals surface area (Å²) in [4.78, 5) is 23.6. The van der Waals surface area contributed by atoms with Crippen LogP contribution in [0.2, 0.25) is 0 Å².